The van der Waals surface area contributed by atoms with E-state index < -0.39 is 0 Å². The molecular formula is C12H18N4S. The minimum atomic E-state index is 0.210. The Labute approximate surface area is 106 Å². The lowest BCUT2D eigenvalue weighted by molar-refractivity contribution is 0.523. The normalized spacial score (nSPS) is 12.8. The molecule has 0 aromatic carbocycles. The molecule has 2 heterocycles. The molecule has 1 unspecified atom stereocenters. The molecule has 0 bridgehead atoms. The van der Waals surface area contributed by atoms with E-state index in [4.69, 9.17) is 0 Å². The fraction of sp³-hybridized carbons (Fsp3) is 0.500. The highest BCUT2D eigenvalue weighted by Crippen LogP contribution is 2.24. The molecule has 0 radical (unpaired) electrons. The van der Waals surface area contributed by atoms with Crippen molar-refractivity contribution in [1.29, 1.82) is 0 Å². The molecule has 4 nitrogen and oxygen atoms in total. The zero-order valence-electron chi connectivity index (χ0n) is 10.3. The third-order valence-electron chi connectivity index (χ3n) is 2.62. The summed E-state index contributed by atoms with van der Waals surface area (Å²) in [6.45, 7) is 6.18. The Balaban J connectivity index is 2.29. The van der Waals surface area contributed by atoms with Crippen LogP contribution in [0.1, 0.15) is 36.9 Å². The molecule has 0 aliphatic carbocycles. The number of thiazole rings is 1. The highest BCUT2D eigenvalue weighted by molar-refractivity contribution is 7.09. The van der Waals surface area contributed by atoms with Gasteiger partial charge in [-0.25, -0.2) is 0 Å². The summed E-state index contributed by atoms with van der Waals surface area (Å²) in [4.78, 5) is 5.40. The third kappa shape index (κ3) is 2.73. The average Bonchev–Trinajstić information content (AvgIpc) is 2.97. The van der Waals surface area contributed by atoms with Gasteiger partial charge in [-0.15, -0.1) is 11.3 Å². The van der Waals surface area contributed by atoms with Gasteiger partial charge in [0.05, 0.1) is 17.2 Å². The van der Waals surface area contributed by atoms with E-state index in [0.29, 0.717) is 0 Å². The SMILES string of the molecule is CCCn1nccc1C(NCC)c1cncs1. The minimum Gasteiger partial charge on any atom is -0.305 e. The molecule has 0 amide bonds. The van der Waals surface area contributed by atoms with Crippen LogP contribution in [-0.4, -0.2) is 21.3 Å². The van der Waals surface area contributed by atoms with E-state index in [1.165, 1.54) is 10.6 Å². The smallest absolute Gasteiger partial charge is 0.0857 e. The highest BCUT2D eigenvalue weighted by atomic mass is 32.1. The van der Waals surface area contributed by atoms with Crippen molar-refractivity contribution in [2.75, 3.05) is 6.54 Å². The van der Waals surface area contributed by atoms with Crippen molar-refractivity contribution >= 4 is 11.3 Å². The summed E-state index contributed by atoms with van der Waals surface area (Å²) < 4.78 is 2.08. The Bertz CT molecular complexity index is 435. The summed E-state index contributed by atoms with van der Waals surface area (Å²) in [6.07, 6.45) is 4.90. The van der Waals surface area contributed by atoms with Crippen molar-refractivity contribution in [1.82, 2.24) is 20.1 Å². The summed E-state index contributed by atoms with van der Waals surface area (Å²) >= 11 is 1.68. The van der Waals surface area contributed by atoms with Crippen LogP contribution >= 0.6 is 11.3 Å². The molecule has 0 fully saturated rings. The van der Waals surface area contributed by atoms with Crippen molar-refractivity contribution in [3.05, 3.63) is 34.5 Å². The first-order chi connectivity index (χ1) is 8.36. The molecule has 0 saturated carbocycles. The van der Waals surface area contributed by atoms with Gasteiger partial charge < -0.3 is 5.32 Å². The molecule has 0 spiro atoms. The summed E-state index contributed by atoms with van der Waals surface area (Å²) in [6, 6.07) is 2.30. The molecule has 2 aromatic rings. The third-order valence-corrected chi connectivity index (χ3v) is 3.47. The van der Waals surface area contributed by atoms with Gasteiger partial charge in [0.1, 0.15) is 0 Å². The average molecular weight is 250 g/mol. The maximum Gasteiger partial charge on any atom is 0.0857 e. The molecule has 0 aliphatic heterocycles. The van der Waals surface area contributed by atoms with Crippen molar-refractivity contribution in [3.8, 4) is 0 Å². The molecule has 1 atom stereocenters. The van der Waals surface area contributed by atoms with E-state index in [2.05, 4.69) is 40.0 Å². The van der Waals surface area contributed by atoms with Crippen LogP contribution in [0.5, 0.6) is 0 Å². The zero-order chi connectivity index (χ0) is 12.1. The van der Waals surface area contributed by atoms with Gasteiger partial charge in [0.25, 0.3) is 0 Å². The summed E-state index contributed by atoms with van der Waals surface area (Å²) in [5.74, 6) is 0. The predicted octanol–water partition coefficient (Wildman–Crippen LogP) is 2.45. The van der Waals surface area contributed by atoms with Crippen LogP contribution in [0.25, 0.3) is 0 Å². The van der Waals surface area contributed by atoms with Crippen LogP contribution in [0.2, 0.25) is 0 Å². The van der Waals surface area contributed by atoms with Crippen LogP contribution in [0, 0.1) is 0 Å². The maximum absolute atomic E-state index is 4.38. The van der Waals surface area contributed by atoms with E-state index in [1.54, 1.807) is 11.3 Å². The van der Waals surface area contributed by atoms with E-state index >= 15 is 0 Å². The largest absolute Gasteiger partial charge is 0.305 e. The molecule has 17 heavy (non-hydrogen) atoms. The molecule has 1 N–H and O–H groups in total. The van der Waals surface area contributed by atoms with Crippen LogP contribution in [-0.2, 0) is 6.54 Å². The molecule has 0 saturated heterocycles. The fourth-order valence-electron chi connectivity index (χ4n) is 1.91. The lowest BCUT2D eigenvalue weighted by atomic mass is 10.2. The van der Waals surface area contributed by atoms with Gasteiger partial charge in [-0.2, -0.15) is 5.10 Å². The first kappa shape index (κ1) is 12.3. The Kier molecular flexibility index (Phi) is 4.28. The maximum atomic E-state index is 4.38. The lowest BCUT2D eigenvalue weighted by Crippen LogP contribution is -2.24. The van der Waals surface area contributed by atoms with Crippen LogP contribution in [0.15, 0.2) is 24.0 Å². The van der Waals surface area contributed by atoms with Crippen LogP contribution in [0.4, 0.5) is 0 Å². The molecule has 5 heteroatoms. The van der Waals surface area contributed by atoms with Crippen molar-refractivity contribution in [3.63, 3.8) is 0 Å². The van der Waals surface area contributed by atoms with E-state index in [9.17, 15) is 0 Å². The van der Waals surface area contributed by atoms with Gasteiger partial charge in [-0.1, -0.05) is 13.8 Å². The number of nitrogens with one attached hydrogen (secondary N) is 1. The monoisotopic (exact) mass is 250 g/mol. The van der Waals surface area contributed by atoms with Crippen molar-refractivity contribution in [2.45, 2.75) is 32.9 Å². The number of hydrogen-bond donors (Lipinski definition) is 1. The highest BCUT2D eigenvalue weighted by Gasteiger charge is 2.18. The fourth-order valence-corrected chi connectivity index (χ4v) is 2.62. The van der Waals surface area contributed by atoms with E-state index in [-0.39, 0.29) is 6.04 Å². The van der Waals surface area contributed by atoms with Gasteiger partial charge in [-0.05, 0) is 19.0 Å². The van der Waals surface area contributed by atoms with Gasteiger partial charge in [-0.3, -0.25) is 9.67 Å². The number of rotatable bonds is 6. The predicted molar refractivity (Wildman–Crippen MR) is 70.2 cm³/mol. The molecule has 92 valence electrons. The number of aromatic nitrogens is 3. The topological polar surface area (TPSA) is 42.7 Å². The van der Waals surface area contributed by atoms with Crippen LogP contribution in [0.3, 0.4) is 0 Å². The second-order valence-electron chi connectivity index (χ2n) is 3.87. The minimum absolute atomic E-state index is 0.210. The first-order valence-electron chi connectivity index (χ1n) is 6.00. The molecule has 0 aliphatic rings. The molecule has 2 rings (SSSR count). The molecular weight excluding hydrogens is 232 g/mol. The van der Waals surface area contributed by atoms with Gasteiger partial charge in [0, 0.05) is 23.8 Å². The number of hydrogen-bond acceptors (Lipinski definition) is 4. The van der Waals surface area contributed by atoms with Crippen molar-refractivity contribution < 1.29 is 0 Å². The zero-order valence-corrected chi connectivity index (χ0v) is 11.1. The summed E-state index contributed by atoms with van der Waals surface area (Å²) in [7, 11) is 0. The Morgan fingerprint density at radius 2 is 2.35 bits per heavy atom. The molecule has 2 aromatic heterocycles. The van der Waals surface area contributed by atoms with E-state index in [0.717, 1.165) is 19.5 Å². The summed E-state index contributed by atoms with van der Waals surface area (Å²) in [5.41, 5.74) is 3.10. The second-order valence-corrected chi connectivity index (χ2v) is 4.79. The lowest BCUT2D eigenvalue weighted by Gasteiger charge is -2.17. The van der Waals surface area contributed by atoms with Crippen LogP contribution < -0.4 is 5.32 Å². The standard InChI is InChI=1S/C12H18N4S/c1-3-7-16-10(5-6-15-16)12(14-4-2)11-8-13-9-17-11/h5-6,8-9,12,14H,3-4,7H2,1-2H3. The second kappa shape index (κ2) is 5.93. The Hall–Kier alpha value is -1.20. The first-order valence-corrected chi connectivity index (χ1v) is 6.88. The Morgan fingerprint density at radius 1 is 1.47 bits per heavy atom. The number of nitrogens with zero attached hydrogens (tertiary/aromatic N) is 3. The quantitative estimate of drug-likeness (QED) is 0.856. The van der Waals surface area contributed by atoms with Gasteiger partial charge >= 0.3 is 0 Å². The number of aryl methyl sites for hydroxylation is 1. The Morgan fingerprint density at radius 3 is 3.00 bits per heavy atom. The van der Waals surface area contributed by atoms with Gasteiger partial charge in [0.2, 0.25) is 0 Å². The van der Waals surface area contributed by atoms with Gasteiger partial charge in [0.15, 0.2) is 0 Å². The summed E-state index contributed by atoms with van der Waals surface area (Å²) in [5, 5.41) is 7.88. The van der Waals surface area contributed by atoms with E-state index in [1.807, 2.05) is 17.9 Å². The van der Waals surface area contributed by atoms with Crippen molar-refractivity contribution in [2.24, 2.45) is 0 Å².